The van der Waals surface area contributed by atoms with Crippen LogP contribution in [0.15, 0.2) is 54.1 Å². The molecule has 1 aromatic carbocycles. The van der Waals surface area contributed by atoms with E-state index in [1.807, 2.05) is 0 Å². The van der Waals surface area contributed by atoms with E-state index >= 15 is 0 Å². The van der Waals surface area contributed by atoms with Crippen molar-refractivity contribution in [3.05, 3.63) is 59.7 Å². The Morgan fingerprint density at radius 3 is 2.56 bits per heavy atom. The quantitative estimate of drug-likeness (QED) is 0.673. The van der Waals surface area contributed by atoms with Gasteiger partial charge in [0.25, 0.3) is 0 Å². The Morgan fingerprint density at radius 1 is 1.17 bits per heavy atom. The summed E-state index contributed by atoms with van der Waals surface area (Å²) in [6.45, 7) is 6.94. The SMILES string of the molecule is CCCCC1C(C)=CC=CC1(C)c1ccccc1. The Balaban J connectivity index is 2.34. The summed E-state index contributed by atoms with van der Waals surface area (Å²) in [5.74, 6) is 0.643. The molecule has 0 spiro atoms. The summed E-state index contributed by atoms with van der Waals surface area (Å²) >= 11 is 0. The fourth-order valence-electron chi connectivity index (χ4n) is 3.14. The second kappa shape index (κ2) is 5.56. The molecular weight excluding hydrogens is 216 g/mol. The highest BCUT2D eigenvalue weighted by molar-refractivity contribution is 5.39. The van der Waals surface area contributed by atoms with Gasteiger partial charge in [0, 0.05) is 5.41 Å². The highest BCUT2D eigenvalue weighted by Gasteiger charge is 2.35. The van der Waals surface area contributed by atoms with Crippen LogP contribution in [0.5, 0.6) is 0 Å². The first kappa shape index (κ1) is 13.1. The molecule has 0 N–H and O–H groups in total. The van der Waals surface area contributed by atoms with Crippen molar-refractivity contribution in [1.82, 2.24) is 0 Å². The van der Waals surface area contributed by atoms with E-state index in [9.17, 15) is 0 Å². The minimum Gasteiger partial charge on any atom is -0.0736 e. The van der Waals surface area contributed by atoms with Gasteiger partial charge in [-0.1, -0.05) is 80.8 Å². The molecule has 1 aliphatic carbocycles. The van der Waals surface area contributed by atoms with Crippen molar-refractivity contribution in [2.75, 3.05) is 0 Å². The van der Waals surface area contributed by atoms with Crippen molar-refractivity contribution < 1.29 is 0 Å². The number of rotatable bonds is 4. The standard InChI is InChI=1S/C18H24/c1-4-5-13-17-15(2)10-9-14-18(17,3)16-11-7-6-8-12-16/h6-12,14,17H,4-5,13H2,1-3H3. The molecule has 2 atom stereocenters. The van der Waals surface area contributed by atoms with Crippen LogP contribution in [0.1, 0.15) is 45.6 Å². The predicted octanol–water partition coefficient (Wildman–Crippen LogP) is 5.27. The monoisotopic (exact) mass is 240 g/mol. The molecule has 0 radical (unpaired) electrons. The normalized spacial score (nSPS) is 27.1. The summed E-state index contributed by atoms with van der Waals surface area (Å²) in [4.78, 5) is 0. The van der Waals surface area contributed by atoms with E-state index < -0.39 is 0 Å². The fourth-order valence-corrected chi connectivity index (χ4v) is 3.14. The lowest BCUT2D eigenvalue weighted by Crippen LogP contribution is -2.32. The first-order valence-corrected chi connectivity index (χ1v) is 7.10. The highest BCUT2D eigenvalue weighted by Crippen LogP contribution is 2.42. The van der Waals surface area contributed by atoms with E-state index in [4.69, 9.17) is 0 Å². The molecule has 0 aliphatic heterocycles. The molecule has 2 unspecified atom stereocenters. The number of hydrogen-bond donors (Lipinski definition) is 0. The van der Waals surface area contributed by atoms with Gasteiger partial charge in [-0.05, 0) is 24.8 Å². The Labute approximate surface area is 111 Å². The Kier molecular flexibility index (Phi) is 4.06. The van der Waals surface area contributed by atoms with E-state index in [2.05, 4.69) is 69.3 Å². The number of allylic oxidation sites excluding steroid dienone is 4. The number of hydrogen-bond acceptors (Lipinski definition) is 0. The van der Waals surface area contributed by atoms with Crippen LogP contribution in [0.4, 0.5) is 0 Å². The zero-order valence-corrected chi connectivity index (χ0v) is 11.8. The van der Waals surface area contributed by atoms with Crippen LogP contribution in [0.3, 0.4) is 0 Å². The second-order valence-corrected chi connectivity index (χ2v) is 5.61. The Hall–Kier alpha value is -1.30. The van der Waals surface area contributed by atoms with Gasteiger partial charge in [0.15, 0.2) is 0 Å². The van der Waals surface area contributed by atoms with Gasteiger partial charge < -0.3 is 0 Å². The van der Waals surface area contributed by atoms with Crippen LogP contribution in [0, 0.1) is 5.92 Å². The minimum absolute atomic E-state index is 0.162. The maximum atomic E-state index is 2.38. The van der Waals surface area contributed by atoms with Gasteiger partial charge in [-0.25, -0.2) is 0 Å². The molecule has 0 aromatic heterocycles. The molecule has 0 saturated carbocycles. The maximum absolute atomic E-state index is 2.38. The minimum atomic E-state index is 0.162. The van der Waals surface area contributed by atoms with Crippen LogP contribution in [-0.2, 0) is 5.41 Å². The molecule has 0 nitrogen and oxygen atoms in total. The lowest BCUT2D eigenvalue weighted by Gasteiger charge is -2.39. The average Bonchev–Trinajstić information content (AvgIpc) is 2.39. The largest absolute Gasteiger partial charge is 0.0736 e. The lowest BCUT2D eigenvalue weighted by molar-refractivity contribution is 0.370. The van der Waals surface area contributed by atoms with E-state index in [-0.39, 0.29) is 5.41 Å². The van der Waals surface area contributed by atoms with E-state index in [0.29, 0.717) is 5.92 Å². The molecule has 2 rings (SSSR count). The van der Waals surface area contributed by atoms with Gasteiger partial charge in [0.05, 0.1) is 0 Å². The second-order valence-electron chi connectivity index (χ2n) is 5.61. The molecule has 0 bridgehead atoms. The first-order valence-electron chi connectivity index (χ1n) is 7.10. The van der Waals surface area contributed by atoms with Gasteiger partial charge in [0.2, 0.25) is 0 Å². The van der Waals surface area contributed by atoms with Gasteiger partial charge in [0.1, 0.15) is 0 Å². The van der Waals surface area contributed by atoms with Crippen LogP contribution in [0.2, 0.25) is 0 Å². The third kappa shape index (κ3) is 2.43. The third-order valence-electron chi connectivity index (χ3n) is 4.32. The number of benzene rings is 1. The summed E-state index contributed by atoms with van der Waals surface area (Å²) < 4.78 is 0. The van der Waals surface area contributed by atoms with Gasteiger partial charge in [-0.15, -0.1) is 0 Å². The van der Waals surface area contributed by atoms with Crippen LogP contribution < -0.4 is 0 Å². The zero-order chi connectivity index (χ0) is 13.0. The van der Waals surface area contributed by atoms with Gasteiger partial charge in [-0.3, -0.25) is 0 Å². The zero-order valence-electron chi connectivity index (χ0n) is 11.8. The maximum Gasteiger partial charge on any atom is 0.0172 e. The number of unbranched alkanes of at least 4 members (excludes halogenated alkanes) is 1. The van der Waals surface area contributed by atoms with E-state index in [1.165, 1.54) is 30.4 Å². The first-order chi connectivity index (χ1) is 8.68. The van der Waals surface area contributed by atoms with Crippen molar-refractivity contribution in [3.8, 4) is 0 Å². The topological polar surface area (TPSA) is 0 Å². The molecule has 1 aromatic rings. The van der Waals surface area contributed by atoms with Gasteiger partial charge in [-0.2, -0.15) is 0 Å². The van der Waals surface area contributed by atoms with Crippen LogP contribution in [-0.4, -0.2) is 0 Å². The van der Waals surface area contributed by atoms with Crippen molar-refractivity contribution in [2.45, 2.75) is 45.4 Å². The van der Waals surface area contributed by atoms with Crippen molar-refractivity contribution >= 4 is 0 Å². The fraction of sp³-hybridized carbons (Fsp3) is 0.444. The smallest absolute Gasteiger partial charge is 0.0172 e. The highest BCUT2D eigenvalue weighted by atomic mass is 14.4. The molecular formula is C18H24. The Morgan fingerprint density at radius 2 is 1.89 bits per heavy atom. The van der Waals surface area contributed by atoms with Crippen LogP contribution in [0.25, 0.3) is 0 Å². The Bertz CT molecular complexity index is 438. The molecule has 0 amide bonds. The summed E-state index contributed by atoms with van der Waals surface area (Å²) in [7, 11) is 0. The molecule has 0 saturated heterocycles. The summed E-state index contributed by atoms with van der Waals surface area (Å²) in [6, 6.07) is 10.9. The third-order valence-corrected chi connectivity index (χ3v) is 4.32. The van der Waals surface area contributed by atoms with Crippen LogP contribution >= 0.6 is 0 Å². The van der Waals surface area contributed by atoms with E-state index in [0.717, 1.165) is 0 Å². The summed E-state index contributed by atoms with van der Waals surface area (Å²) in [6.07, 6.45) is 10.8. The van der Waals surface area contributed by atoms with Crippen molar-refractivity contribution in [1.29, 1.82) is 0 Å². The molecule has 0 fully saturated rings. The van der Waals surface area contributed by atoms with Crippen molar-refractivity contribution in [3.63, 3.8) is 0 Å². The van der Waals surface area contributed by atoms with Gasteiger partial charge >= 0.3 is 0 Å². The lowest BCUT2D eigenvalue weighted by atomic mass is 9.65. The average molecular weight is 240 g/mol. The molecule has 18 heavy (non-hydrogen) atoms. The molecule has 96 valence electrons. The van der Waals surface area contributed by atoms with Crippen molar-refractivity contribution in [2.24, 2.45) is 5.92 Å². The molecule has 1 aliphatic rings. The molecule has 0 heteroatoms. The van der Waals surface area contributed by atoms with E-state index in [1.54, 1.807) is 0 Å². The predicted molar refractivity (Wildman–Crippen MR) is 79.7 cm³/mol. The molecule has 0 heterocycles. The summed E-state index contributed by atoms with van der Waals surface area (Å²) in [5, 5.41) is 0. The summed E-state index contributed by atoms with van der Waals surface area (Å²) in [5.41, 5.74) is 3.13.